The Hall–Kier alpha value is -1.52. The van der Waals surface area contributed by atoms with E-state index in [1.165, 1.54) is 7.11 Å². The van der Waals surface area contributed by atoms with Gasteiger partial charge in [-0.2, -0.15) is 0 Å². The van der Waals surface area contributed by atoms with Crippen molar-refractivity contribution in [3.8, 4) is 0 Å². The lowest BCUT2D eigenvalue weighted by atomic mass is 9.79. The van der Waals surface area contributed by atoms with Gasteiger partial charge in [-0.1, -0.05) is 6.08 Å². The van der Waals surface area contributed by atoms with Crippen LogP contribution in [0.25, 0.3) is 0 Å². The summed E-state index contributed by atoms with van der Waals surface area (Å²) in [5, 5.41) is 0. The summed E-state index contributed by atoms with van der Waals surface area (Å²) in [4.78, 5) is 26.1. The standard InChI is InChI=1S/C18H31NO4/c1-6-7-11-18(13-10-15(20)22-5)12-8-9-14-19(18)16(21)23-17(2,3)4/h6H,1,7-14H2,2-5H3. The van der Waals surface area contributed by atoms with Gasteiger partial charge in [0.15, 0.2) is 0 Å². The van der Waals surface area contributed by atoms with Crippen molar-refractivity contribution in [2.45, 2.75) is 76.9 Å². The number of allylic oxidation sites excluding steroid dienone is 1. The molecule has 0 aromatic carbocycles. The minimum Gasteiger partial charge on any atom is -0.469 e. The number of nitrogens with zero attached hydrogens (tertiary/aromatic N) is 1. The van der Waals surface area contributed by atoms with Crippen molar-refractivity contribution in [3.05, 3.63) is 12.7 Å². The Bertz CT molecular complexity index is 427. The van der Waals surface area contributed by atoms with E-state index >= 15 is 0 Å². The van der Waals surface area contributed by atoms with E-state index in [1.54, 1.807) is 0 Å². The second-order valence-corrected chi connectivity index (χ2v) is 7.22. The van der Waals surface area contributed by atoms with E-state index in [4.69, 9.17) is 9.47 Å². The summed E-state index contributed by atoms with van der Waals surface area (Å²) in [5.74, 6) is -0.238. The molecule has 1 atom stereocenters. The van der Waals surface area contributed by atoms with Gasteiger partial charge in [0.05, 0.1) is 7.11 Å². The maximum Gasteiger partial charge on any atom is 0.410 e. The lowest BCUT2D eigenvalue weighted by Gasteiger charge is -2.47. The van der Waals surface area contributed by atoms with Crippen molar-refractivity contribution in [1.82, 2.24) is 4.90 Å². The zero-order chi connectivity index (χ0) is 17.5. The third kappa shape index (κ3) is 5.88. The van der Waals surface area contributed by atoms with Crippen molar-refractivity contribution in [1.29, 1.82) is 0 Å². The molecule has 1 fully saturated rings. The number of amides is 1. The Balaban J connectivity index is 2.96. The molecule has 0 aromatic rings. The first-order valence-electron chi connectivity index (χ1n) is 8.42. The predicted octanol–water partition coefficient (Wildman–Crippen LogP) is 4.07. The van der Waals surface area contributed by atoms with E-state index in [0.717, 1.165) is 32.1 Å². The van der Waals surface area contributed by atoms with E-state index < -0.39 is 5.60 Å². The monoisotopic (exact) mass is 325 g/mol. The molecular formula is C18H31NO4. The quantitative estimate of drug-likeness (QED) is 0.546. The van der Waals surface area contributed by atoms with Crippen LogP contribution in [0.3, 0.4) is 0 Å². The molecule has 1 rings (SSSR count). The summed E-state index contributed by atoms with van der Waals surface area (Å²) in [5.41, 5.74) is -0.871. The highest BCUT2D eigenvalue weighted by Crippen LogP contribution is 2.37. The molecule has 0 N–H and O–H groups in total. The number of ether oxygens (including phenoxy) is 2. The molecular weight excluding hydrogens is 294 g/mol. The summed E-state index contributed by atoms with van der Waals surface area (Å²) >= 11 is 0. The van der Waals surface area contributed by atoms with Crippen LogP contribution in [0.5, 0.6) is 0 Å². The summed E-state index contributed by atoms with van der Waals surface area (Å²) < 4.78 is 10.4. The number of piperidine rings is 1. The van der Waals surface area contributed by atoms with Crippen molar-refractivity contribution in [2.75, 3.05) is 13.7 Å². The largest absolute Gasteiger partial charge is 0.469 e. The molecule has 0 aromatic heterocycles. The molecule has 1 aliphatic rings. The van der Waals surface area contributed by atoms with Gasteiger partial charge in [-0.3, -0.25) is 4.79 Å². The number of likely N-dealkylation sites (tertiary alicyclic amines) is 1. The average Bonchev–Trinajstić information content (AvgIpc) is 2.49. The summed E-state index contributed by atoms with van der Waals surface area (Å²) in [6, 6.07) is 0. The van der Waals surface area contributed by atoms with Gasteiger partial charge in [0, 0.05) is 18.5 Å². The molecule has 23 heavy (non-hydrogen) atoms. The van der Waals surface area contributed by atoms with Gasteiger partial charge < -0.3 is 14.4 Å². The molecule has 5 heteroatoms. The molecule has 0 saturated carbocycles. The third-order valence-corrected chi connectivity index (χ3v) is 4.30. The maximum absolute atomic E-state index is 12.7. The van der Waals surface area contributed by atoms with Crippen LogP contribution in [0.2, 0.25) is 0 Å². The number of carbonyl (C=O) groups excluding carboxylic acids is 2. The first kappa shape index (κ1) is 19.5. The molecule has 5 nitrogen and oxygen atoms in total. The summed E-state index contributed by atoms with van der Waals surface area (Å²) in [6.07, 6.45) is 7.00. The van der Waals surface area contributed by atoms with Gasteiger partial charge in [0.25, 0.3) is 0 Å². The van der Waals surface area contributed by atoms with Crippen LogP contribution < -0.4 is 0 Å². The van der Waals surface area contributed by atoms with Crippen LogP contribution in [0.4, 0.5) is 4.79 Å². The molecule has 0 bridgehead atoms. The Morgan fingerprint density at radius 3 is 2.52 bits per heavy atom. The van der Waals surface area contributed by atoms with E-state index in [-0.39, 0.29) is 17.6 Å². The molecule has 0 spiro atoms. The van der Waals surface area contributed by atoms with E-state index in [2.05, 4.69) is 6.58 Å². The molecule has 1 unspecified atom stereocenters. The molecule has 1 saturated heterocycles. The Morgan fingerprint density at radius 1 is 1.26 bits per heavy atom. The van der Waals surface area contributed by atoms with Crippen molar-refractivity contribution < 1.29 is 19.1 Å². The van der Waals surface area contributed by atoms with Crippen LogP contribution in [0.15, 0.2) is 12.7 Å². The zero-order valence-electron chi connectivity index (χ0n) is 15.0. The fourth-order valence-corrected chi connectivity index (χ4v) is 3.15. The van der Waals surface area contributed by atoms with Crippen LogP contribution in [0.1, 0.15) is 65.7 Å². The topological polar surface area (TPSA) is 55.8 Å². The van der Waals surface area contributed by atoms with Gasteiger partial charge in [-0.05, 0) is 59.3 Å². The van der Waals surface area contributed by atoms with Crippen molar-refractivity contribution >= 4 is 12.1 Å². The molecule has 1 aliphatic heterocycles. The Morgan fingerprint density at radius 2 is 1.96 bits per heavy atom. The first-order valence-corrected chi connectivity index (χ1v) is 8.42. The highest BCUT2D eigenvalue weighted by atomic mass is 16.6. The molecule has 132 valence electrons. The van der Waals surface area contributed by atoms with Crippen molar-refractivity contribution in [3.63, 3.8) is 0 Å². The zero-order valence-corrected chi connectivity index (χ0v) is 15.0. The van der Waals surface area contributed by atoms with Gasteiger partial charge in [-0.15, -0.1) is 6.58 Å². The molecule has 0 radical (unpaired) electrons. The number of hydrogen-bond acceptors (Lipinski definition) is 4. The van der Waals surface area contributed by atoms with Crippen LogP contribution in [-0.4, -0.2) is 41.8 Å². The Labute approximate surface area is 140 Å². The normalized spacial score (nSPS) is 21.7. The highest BCUT2D eigenvalue weighted by Gasteiger charge is 2.42. The predicted molar refractivity (Wildman–Crippen MR) is 90.2 cm³/mol. The van der Waals surface area contributed by atoms with Gasteiger partial charge in [0.2, 0.25) is 0 Å². The lowest BCUT2D eigenvalue weighted by Crippen LogP contribution is -2.56. The number of hydrogen-bond donors (Lipinski definition) is 0. The Kier molecular flexibility index (Phi) is 7.10. The second kappa shape index (κ2) is 8.37. The van der Waals surface area contributed by atoms with E-state index in [1.807, 2.05) is 31.7 Å². The number of methoxy groups -OCH3 is 1. The van der Waals surface area contributed by atoms with Crippen LogP contribution in [-0.2, 0) is 14.3 Å². The SMILES string of the molecule is C=CCCC1(CCC(=O)OC)CCCCN1C(=O)OC(C)(C)C. The smallest absolute Gasteiger partial charge is 0.410 e. The number of rotatable bonds is 6. The van der Waals surface area contributed by atoms with Gasteiger partial charge in [-0.25, -0.2) is 4.79 Å². The van der Waals surface area contributed by atoms with Crippen LogP contribution in [0, 0.1) is 0 Å². The van der Waals surface area contributed by atoms with Gasteiger partial charge in [0.1, 0.15) is 5.60 Å². The van der Waals surface area contributed by atoms with E-state index in [0.29, 0.717) is 19.4 Å². The minimum absolute atomic E-state index is 0.238. The molecule has 1 amide bonds. The fourth-order valence-electron chi connectivity index (χ4n) is 3.15. The molecule has 0 aliphatic carbocycles. The van der Waals surface area contributed by atoms with Crippen LogP contribution >= 0.6 is 0 Å². The van der Waals surface area contributed by atoms with Crippen molar-refractivity contribution in [2.24, 2.45) is 0 Å². The lowest BCUT2D eigenvalue weighted by molar-refractivity contribution is -0.141. The summed E-state index contributed by atoms with van der Waals surface area (Å²) in [6.45, 7) is 10.1. The molecule has 1 heterocycles. The minimum atomic E-state index is -0.527. The van der Waals surface area contributed by atoms with Gasteiger partial charge >= 0.3 is 12.1 Å². The maximum atomic E-state index is 12.7. The average molecular weight is 325 g/mol. The second-order valence-electron chi connectivity index (χ2n) is 7.22. The number of carbonyl (C=O) groups is 2. The third-order valence-electron chi connectivity index (χ3n) is 4.30. The number of esters is 1. The fraction of sp³-hybridized carbons (Fsp3) is 0.778. The first-order chi connectivity index (χ1) is 10.7. The van der Waals surface area contributed by atoms with E-state index in [9.17, 15) is 9.59 Å². The highest BCUT2D eigenvalue weighted by molar-refractivity contribution is 5.71. The summed E-state index contributed by atoms with van der Waals surface area (Å²) in [7, 11) is 1.39.